The Morgan fingerprint density at radius 3 is 1.94 bits per heavy atom. The lowest BCUT2D eigenvalue weighted by Crippen LogP contribution is -2.53. The number of nitrogens with zero attached hydrogens (tertiary/aromatic N) is 3. The van der Waals surface area contributed by atoms with Crippen molar-refractivity contribution >= 4 is 50.3 Å². The molecule has 0 spiro atoms. The average Bonchev–Trinajstić information content (AvgIpc) is 3.63. The van der Waals surface area contributed by atoms with Crippen molar-refractivity contribution in [1.82, 2.24) is 4.57 Å². The van der Waals surface area contributed by atoms with Crippen molar-refractivity contribution in [2.45, 2.75) is 39.0 Å². The lowest BCUT2D eigenvalue weighted by Gasteiger charge is -2.42. The zero-order valence-electron chi connectivity index (χ0n) is 30.0. The topological polar surface area (TPSA) is 48.7 Å². The normalized spacial score (nSPS) is 18.8. The second-order valence-corrected chi connectivity index (χ2v) is 15.1. The minimum atomic E-state index is -1.21. The van der Waals surface area contributed by atoms with Crippen molar-refractivity contribution in [1.29, 1.82) is 0 Å². The lowest BCUT2D eigenvalue weighted by atomic mass is 9.79. The number of aliphatic hydroxyl groups is 1. The SMILES string of the molecule is CC1CC=CC2=C1c1cc3c4cc(-c5ccc6c(c5)C(=O)N(c5ccccc5)C(O)N6c5ccccc5)ccc4n(-c4ccccc4)c3cc1C2(C)C. The molecule has 10 rings (SSSR count). The first-order valence-corrected chi connectivity index (χ1v) is 18.5. The number of carbonyl (C=O) groups excluding carboxylic acids is 1. The molecule has 0 saturated carbocycles. The second kappa shape index (κ2) is 11.7. The molecule has 2 aliphatic carbocycles. The molecule has 3 aliphatic rings. The van der Waals surface area contributed by atoms with Crippen LogP contribution >= 0.6 is 0 Å². The largest absolute Gasteiger partial charge is 0.356 e. The van der Waals surface area contributed by atoms with Crippen molar-refractivity contribution in [2.24, 2.45) is 5.92 Å². The fourth-order valence-corrected chi connectivity index (χ4v) is 9.08. The van der Waals surface area contributed by atoms with Crippen molar-refractivity contribution in [2.75, 3.05) is 9.80 Å². The highest BCUT2D eigenvalue weighted by molar-refractivity contribution is 6.15. The van der Waals surface area contributed by atoms with Crippen LogP contribution in [0, 0.1) is 5.92 Å². The number of rotatable bonds is 4. The maximum absolute atomic E-state index is 14.4. The molecule has 0 fully saturated rings. The molecule has 53 heavy (non-hydrogen) atoms. The van der Waals surface area contributed by atoms with Gasteiger partial charge in [-0.25, -0.2) is 0 Å². The van der Waals surface area contributed by atoms with Gasteiger partial charge in [-0.1, -0.05) is 99.7 Å². The van der Waals surface area contributed by atoms with E-state index in [0.717, 1.165) is 34.4 Å². The quantitative estimate of drug-likeness (QED) is 0.200. The number of para-hydroxylation sites is 3. The van der Waals surface area contributed by atoms with Crippen LogP contribution in [0.2, 0.25) is 0 Å². The van der Waals surface area contributed by atoms with Gasteiger partial charge in [0.15, 0.2) is 0 Å². The van der Waals surface area contributed by atoms with E-state index in [1.54, 1.807) is 0 Å². The third-order valence-corrected chi connectivity index (χ3v) is 11.7. The average molecular weight is 690 g/mol. The standard InChI is InChI=1S/C48H39N3O2/c1-30-14-13-21-40-45(30)38-28-37-36-26-31(22-24-42(36)49(33-15-7-4-8-16-33)44(37)29-41(38)48(40,2)3)32-23-25-43-39(27-32)46(52)51(35-19-11-6-12-20-35)47(53)50(43)34-17-9-5-10-18-34/h4-13,15-30,47,53H,14H2,1-3H3. The molecule has 2 unspecified atom stereocenters. The number of aliphatic hydroxyl groups excluding tert-OH is 1. The van der Waals surface area contributed by atoms with Gasteiger partial charge in [0.1, 0.15) is 0 Å². The summed E-state index contributed by atoms with van der Waals surface area (Å²) >= 11 is 0. The number of benzene rings is 6. The van der Waals surface area contributed by atoms with Crippen molar-refractivity contribution < 1.29 is 9.90 Å². The molecule has 1 amide bonds. The molecule has 2 atom stereocenters. The summed E-state index contributed by atoms with van der Waals surface area (Å²) in [5, 5.41) is 14.2. The smallest absolute Gasteiger partial charge is 0.263 e. The maximum Gasteiger partial charge on any atom is 0.263 e. The molecule has 0 saturated heterocycles. The van der Waals surface area contributed by atoms with E-state index < -0.39 is 6.35 Å². The molecule has 0 radical (unpaired) electrons. The highest BCUT2D eigenvalue weighted by atomic mass is 16.3. The van der Waals surface area contributed by atoms with E-state index in [2.05, 4.69) is 104 Å². The predicted molar refractivity (Wildman–Crippen MR) is 217 cm³/mol. The first-order chi connectivity index (χ1) is 25.8. The zero-order chi connectivity index (χ0) is 36.0. The summed E-state index contributed by atoms with van der Waals surface area (Å²) in [6, 6.07) is 47.4. The maximum atomic E-state index is 14.4. The Labute approximate surface area is 309 Å². The Morgan fingerprint density at radius 2 is 1.25 bits per heavy atom. The number of carbonyl (C=O) groups is 1. The van der Waals surface area contributed by atoms with Gasteiger partial charge in [-0.05, 0) is 119 Å². The summed E-state index contributed by atoms with van der Waals surface area (Å²) in [4.78, 5) is 17.7. The van der Waals surface area contributed by atoms with Crippen molar-refractivity contribution in [3.8, 4) is 16.8 Å². The van der Waals surface area contributed by atoms with Crippen LogP contribution in [0.25, 0.3) is 44.2 Å². The number of hydrogen-bond donors (Lipinski definition) is 1. The highest BCUT2D eigenvalue weighted by Gasteiger charge is 2.41. The lowest BCUT2D eigenvalue weighted by molar-refractivity contribution is 0.0875. The van der Waals surface area contributed by atoms with E-state index >= 15 is 0 Å². The van der Waals surface area contributed by atoms with Crippen LogP contribution in [-0.2, 0) is 5.41 Å². The minimum absolute atomic E-state index is 0.0856. The van der Waals surface area contributed by atoms with Crippen LogP contribution in [0.4, 0.5) is 17.1 Å². The van der Waals surface area contributed by atoms with Gasteiger partial charge < -0.3 is 9.67 Å². The van der Waals surface area contributed by atoms with Crippen LogP contribution in [0.3, 0.4) is 0 Å². The van der Waals surface area contributed by atoms with Gasteiger partial charge in [0.2, 0.25) is 6.35 Å². The zero-order valence-corrected chi connectivity index (χ0v) is 30.0. The Morgan fingerprint density at radius 1 is 0.642 bits per heavy atom. The van der Waals surface area contributed by atoms with E-state index in [1.165, 1.54) is 43.5 Å². The molecule has 0 bridgehead atoms. The summed E-state index contributed by atoms with van der Waals surface area (Å²) in [6.07, 6.45) is 4.54. The minimum Gasteiger partial charge on any atom is -0.356 e. The van der Waals surface area contributed by atoms with E-state index in [4.69, 9.17) is 0 Å². The fourth-order valence-electron chi connectivity index (χ4n) is 9.08. The third kappa shape index (κ3) is 4.63. The number of fused-ring (bicyclic) bond motifs is 6. The monoisotopic (exact) mass is 689 g/mol. The molecule has 2 heterocycles. The van der Waals surface area contributed by atoms with Crippen molar-refractivity contribution in [3.63, 3.8) is 0 Å². The molecule has 1 aliphatic heterocycles. The summed E-state index contributed by atoms with van der Waals surface area (Å²) in [5.74, 6) is 0.218. The number of hydrogen-bond acceptors (Lipinski definition) is 3. The Hall–Kier alpha value is -6.17. The second-order valence-electron chi connectivity index (χ2n) is 15.1. The van der Waals surface area contributed by atoms with Crippen LogP contribution in [0.15, 0.2) is 157 Å². The van der Waals surface area contributed by atoms with Gasteiger partial charge >= 0.3 is 0 Å². The van der Waals surface area contributed by atoms with E-state index in [0.29, 0.717) is 22.9 Å². The Kier molecular flexibility index (Phi) is 6.95. The first-order valence-electron chi connectivity index (χ1n) is 18.5. The summed E-state index contributed by atoms with van der Waals surface area (Å²) in [6.45, 7) is 7.09. The van der Waals surface area contributed by atoms with Crippen LogP contribution in [-0.4, -0.2) is 21.9 Å². The summed E-state index contributed by atoms with van der Waals surface area (Å²) < 4.78 is 2.40. The highest BCUT2D eigenvalue weighted by Crippen LogP contribution is 2.53. The van der Waals surface area contributed by atoms with Gasteiger partial charge in [0.05, 0.1) is 22.3 Å². The Balaban J connectivity index is 1.18. The van der Waals surface area contributed by atoms with Gasteiger partial charge in [0, 0.05) is 33.2 Å². The third-order valence-electron chi connectivity index (χ3n) is 11.7. The van der Waals surface area contributed by atoms with E-state index in [9.17, 15) is 9.90 Å². The number of amides is 1. The van der Waals surface area contributed by atoms with Crippen LogP contribution < -0.4 is 9.80 Å². The number of aromatic nitrogens is 1. The molecule has 258 valence electrons. The van der Waals surface area contributed by atoms with Gasteiger partial charge in [-0.3, -0.25) is 14.6 Å². The number of anilines is 3. The molecule has 5 nitrogen and oxygen atoms in total. The fraction of sp³-hybridized carbons (Fsp3) is 0.146. The number of allylic oxidation sites excluding steroid dienone is 4. The molecule has 6 aromatic carbocycles. The summed E-state index contributed by atoms with van der Waals surface area (Å²) in [5.41, 5.74) is 13.7. The first kappa shape index (κ1) is 31.6. The van der Waals surface area contributed by atoms with Gasteiger partial charge in [-0.2, -0.15) is 0 Å². The molecule has 5 heteroatoms. The van der Waals surface area contributed by atoms with Crippen LogP contribution in [0.5, 0.6) is 0 Å². The summed E-state index contributed by atoms with van der Waals surface area (Å²) in [7, 11) is 0. The van der Waals surface area contributed by atoms with Gasteiger partial charge in [0.25, 0.3) is 5.91 Å². The molecule has 1 N–H and O–H groups in total. The van der Waals surface area contributed by atoms with Crippen molar-refractivity contribution in [3.05, 3.63) is 174 Å². The molecule has 7 aromatic rings. The molecule has 1 aromatic heterocycles. The molecular weight excluding hydrogens is 651 g/mol. The predicted octanol–water partition coefficient (Wildman–Crippen LogP) is 11.2. The van der Waals surface area contributed by atoms with E-state index in [1.807, 2.05) is 77.7 Å². The molecular formula is C48H39N3O2. The Bertz CT molecular complexity index is 2670. The van der Waals surface area contributed by atoms with Crippen LogP contribution in [0.1, 0.15) is 48.7 Å². The van der Waals surface area contributed by atoms with E-state index in [-0.39, 0.29) is 11.3 Å². The van der Waals surface area contributed by atoms with Gasteiger partial charge in [-0.15, -0.1) is 0 Å².